The Labute approximate surface area is 155 Å². The summed E-state index contributed by atoms with van der Waals surface area (Å²) in [7, 11) is 0. The van der Waals surface area contributed by atoms with Gasteiger partial charge in [-0.25, -0.2) is 4.79 Å². The van der Waals surface area contributed by atoms with E-state index in [2.05, 4.69) is 24.1 Å². The fourth-order valence-corrected chi connectivity index (χ4v) is 2.77. The Morgan fingerprint density at radius 1 is 1.26 bits per heavy atom. The lowest BCUT2D eigenvalue weighted by Gasteiger charge is -2.02. The molecule has 1 amide bonds. The molecule has 0 atom stereocenters. The number of hydrogen-bond acceptors (Lipinski definition) is 7. The molecule has 3 rings (SSSR count). The summed E-state index contributed by atoms with van der Waals surface area (Å²) in [4.78, 5) is 28.4. The van der Waals surface area contributed by atoms with Gasteiger partial charge in [-0.2, -0.15) is 4.98 Å². The molecule has 3 N–H and O–H groups in total. The fourth-order valence-electron chi connectivity index (χ4n) is 2.77. The number of nitrogens with one attached hydrogen (secondary N) is 1. The van der Waals surface area contributed by atoms with Crippen molar-refractivity contribution < 1.29 is 23.2 Å². The average molecular weight is 371 g/mol. The quantitative estimate of drug-likeness (QED) is 0.631. The van der Waals surface area contributed by atoms with Crippen LogP contribution in [0.4, 0.5) is 11.9 Å². The van der Waals surface area contributed by atoms with Crippen molar-refractivity contribution >= 4 is 34.9 Å². The molecular formula is C19H21N3O5. The second-order valence-electron chi connectivity index (χ2n) is 6.35. The summed E-state index contributed by atoms with van der Waals surface area (Å²) in [6.45, 7) is 7.54. The molecule has 1 aromatic carbocycles. The maximum absolute atomic E-state index is 12.1. The average Bonchev–Trinajstić information content (AvgIpc) is 3.14. The number of anilines is 2. The van der Waals surface area contributed by atoms with Gasteiger partial charge in [-0.15, -0.1) is 0 Å². The molecule has 0 unspecified atom stereocenters. The Morgan fingerprint density at radius 2 is 2.00 bits per heavy atom. The molecule has 0 bridgehead atoms. The first-order valence-electron chi connectivity index (χ1n) is 8.59. The number of rotatable bonds is 6. The number of benzene rings is 1. The van der Waals surface area contributed by atoms with Crippen LogP contribution in [0.2, 0.25) is 0 Å². The third-order valence-electron chi connectivity index (χ3n) is 4.11. The van der Waals surface area contributed by atoms with Crippen LogP contribution in [0.1, 0.15) is 58.7 Å². The number of oxazole rings is 1. The second kappa shape index (κ2) is 7.14. The number of esters is 1. The van der Waals surface area contributed by atoms with Crippen LogP contribution in [0.3, 0.4) is 0 Å². The number of aryl methyl sites for hydroxylation is 1. The van der Waals surface area contributed by atoms with Crippen molar-refractivity contribution in [2.24, 2.45) is 5.73 Å². The van der Waals surface area contributed by atoms with Crippen LogP contribution in [0, 0.1) is 6.92 Å². The van der Waals surface area contributed by atoms with Crippen molar-refractivity contribution in [1.29, 1.82) is 0 Å². The second-order valence-corrected chi connectivity index (χ2v) is 6.35. The van der Waals surface area contributed by atoms with Gasteiger partial charge in [0.05, 0.1) is 6.61 Å². The van der Waals surface area contributed by atoms with Gasteiger partial charge in [-0.05, 0) is 37.5 Å². The van der Waals surface area contributed by atoms with E-state index in [0.29, 0.717) is 17.0 Å². The minimum atomic E-state index is -0.824. The van der Waals surface area contributed by atoms with E-state index in [4.69, 9.17) is 19.3 Å². The molecule has 0 saturated heterocycles. The molecule has 27 heavy (non-hydrogen) atoms. The minimum absolute atomic E-state index is 0.00921. The lowest BCUT2D eigenvalue weighted by Crippen LogP contribution is -2.17. The van der Waals surface area contributed by atoms with Crippen LogP contribution in [0.5, 0.6) is 0 Å². The van der Waals surface area contributed by atoms with E-state index in [1.807, 2.05) is 18.2 Å². The summed E-state index contributed by atoms with van der Waals surface area (Å²) in [5.41, 5.74) is 7.71. The number of amides is 1. The van der Waals surface area contributed by atoms with Crippen LogP contribution in [0.25, 0.3) is 11.1 Å². The first kappa shape index (κ1) is 18.5. The minimum Gasteiger partial charge on any atom is -0.462 e. The third kappa shape index (κ3) is 3.51. The van der Waals surface area contributed by atoms with Crippen molar-refractivity contribution in [3.63, 3.8) is 0 Å². The van der Waals surface area contributed by atoms with E-state index in [9.17, 15) is 9.59 Å². The monoisotopic (exact) mass is 371 g/mol. The Kier molecular flexibility index (Phi) is 4.89. The predicted octanol–water partition coefficient (Wildman–Crippen LogP) is 3.87. The maximum atomic E-state index is 12.1. The molecular weight excluding hydrogens is 350 g/mol. The maximum Gasteiger partial charge on any atom is 0.342 e. The Bertz CT molecular complexity index is 1020. The zero-order valence-electron chi connectivity index (χ0n) is 15.6. The van der Waals surface area contributed by atoms with E-state index < -0.39 is 11.9 Å². The molecule has 142 valence electrons. The van der Waals surface area contributed by atoms with Gasteiger partial charge in [0.1, 0.15) is 22.4 Å². The summed E-state index contributed by atoms with van der Waals surface area (Å²) >= 11 is 0. The van der Waals surface area contributed by atoms with Gasteiger partial charge in [0.25, 0.3) is 5.91 Å². The highest BCUT2D eigenvalue weighted by Gasteiger charge is 2.29. The smallest absolute Gasteiger partial charge is 0.342 e. The lowest BCUT2D eigenvalue weighted by molar-refractivity contribution is 0.0521. The van der Waals surface area contributed by atoms with Crippen molar-refractivity contribution in [1.82, 2.24) is 4.98 Å². The molecule has 8 nitrogen and oxygen atoms in total. The van der Waals surface area contributed by atoms with Crippen LogP contribution in [-0.2, 0) is 4.74 Å². The summed E-state index contributed by atoms with van der Waals surface area (Å²) < 4.78 is 16.1. The van der Waals surface area contributed by atoms with Gasteiger partial charge in [0.2, 0.25) is 5.88 Å². The number of furan rings is 1. The highest BCUT2D eigenvalue weighted by molar-refractivity contribution is 6.09. The molecule has 0 saturated carbocycles. The normalized spacial score (nSPS) is 11.1. The predicted molar refractivity (Wildman–Crippen MR) is 99.3 cm³/mol. The van der Waals surface area contributed by atoms with Gasteiger partial charge >= 0.3 is 12.0 Å². The molecule has 8 heteroatoms. The number of ether oxygens (including phenoxy) is 1. The van der Waals surface area contributed by atoms with Crippen molar-refractivity contribution in [2.45, 2.75) is 33.6 Å². The van der Waals surface area contributed by atoms with E-state index >= 15 is 0 Å². The van der Waals surface area contributed by atoms with Gasteiger partial charge < -0.3 is 19.3 Å². The number of carbonyl (C=O) groups excluding carboxylic acids is 2. The lowest BCUT2D eigenvalue weighted by atomic mass is 10.0. The van der Waals surface area contributed by atoms with Gasteiger partial charge in [-0.1, -0.05) is 19.9 Å². The standard InChI is InChI=1S/C19H21N3O5/c1-5-25-18(24)14-10(4)26-17(15(14)16(20)23)22-19-21-12-8-11(9(2)3)6-7-13(12)27-19/h6-9H,5H2,1-4H3,(H2,20,23)(H,21,22). The summed E-state index contributed by atoms with van der Waals surface area (Å²) in [5.74, 6) is -0.958. The summed E-state index contributed by atoms with van der Waals surface area (Å²) in [6.07, 6.45) is 0. The number of nitrogens with two attached hydrogens (primary N) is 1. The molecule has 0 radical (unpaired) electrons. The van der Waals surface area contributed by atoms with Crippen LogP contribution in [0.15, 0.2) is 27.0 Å². The van der Waals surface area contributed by atoms with E-state index in [1.54, 1.807) is 13.8 Å². The molecule has 0 aliphatic heterocycles. The molecule has 0 spiro atoms. The first-order chi connectivity index (χ1) is 12.8. The highest BCUT2D eigenvalue weighted by atomic mass is 16.5. The Balaban J connectivity index is 2.00. The topological polar surface area (TPSA) is 121 Å². The first-order valence-corrected chi connectivity index (χ1v) is 8.59. The van der Waals surface area contributed by atoms with Gasteiger partial charge in [0.15, 0.2) is 5.58 Å². The highest BCUT2D eigenvalue weighted by Crippen LogP contribution is 2.31. The largest absolute Gasteiger partial charge is 0.462 e. The molecule has 0 fully saturated rings. The number of hydrogen-bond donors (Lipinski definition) is 2. The Morgan fingerprint density at radius 3 is 2.63 bits per heavy atom. The van der Waals surface area contributed by atoms with Crippen LogP contribution >= 0.6 is 0 Å². The summed E-state index contributed by atoms with van der Waals surface area (Å²) in [6, 6.07) is 5.85. The van der Waals surface area contributed by atoms with E-state index in [1.165, 1.54) is 0 Å². The molecule has 2 aromatic heterocycles. The summed E-state index contributed by atoms with van der Waals surface area (Å²) in [5, 5.41) is 2.80. The van der Waals surface area contributed by atoms with Crippen molar-refractivity contribution in [2.75, 3.05) is 11.9 Å². The number of fused-ring (bicyclic) bond motifs is 1. The zero-order valence-corrected chi connectivity index (χ0v) is 15.6. The zero-order chi connectivity index (χ0) is 19.7. The van der Waals surface area contributed by atoms with E-state index in [-0.39, 0.29) is 35.4 Å². The fraction of sp³-hybridized carbons (Fsp3) is 0.316. The number of nitrogens with zero attached hydrogens (tertiary/aromatic N) is 1. The molecule has 2 heterocycles. The van der Waals surface area contributed by atoms with Crippen LogP contribution < -0.4 is 11.1 Å². The SMILES string of the molecule is CCOC(=O)c1c(C)oc(Nc2nc3cc(C(C)C)ccc3o2)c1C(N)=O. The van der Waals surface area contributed by atoms with Gasteiger partial charge in [-0.3, -0.25) is 10.1 Å². The molecule has 3 aromatic rings. The molecule has 0 aliphatic rings. The van der Waals surface area contributed by atoms with Gasteiger partial charge in [0, 0.05) is 0 Å². The number of aromatic nitrogens is 1. The molecule has 0 aliphatic carbocycles. The van der Waals surface area contributed by atoms with Crippen molar-refractivity contribution in [3.8, 4) is 0 Å². The third-order valence-corrected chi connectivity index (χ3v) is 4.11. The van der Waals surface area contributed by atoms with E-state index in [0.717, 1.165) is 5.56 Å². The van der Waals surface area contributed by atoms with Crippen LogP contribution in [-0.4, -0.2) is 23.5 Å². The number of carbonyl (C=O) groups is 2. The number of primary amides is 1. The Hall–Kier alpha value is -3.29. The van der Waals surface area contributed by atoms with Crippen molar-refractivity contribution in [3.05, 3.63) is 40.6 Å².